The third kappa shape index (κ3) is 2.80. The third-order valence-corrected chi connectivity index (χ3v) is 4.02. The largest absolute Gasteiger partial charge is 0.341 e. The normalized spacial score (nSPS) is 25.6. The minimum Gasteiger partial charge on any atom is -0.341 e. The molecule has 4 nitrogen and oxygen atoms in total. The monoisotopic (exact) mass is 258 g/mol. The lowest BCUT2D eigenvalue weighted by Crippen LogP contribution is -2.40. The predicted octanol–water partition coefficient (Wildman–Crippen LogP) is 2.48. The molecule has 1 aromatic carbocycles. The molecule has 1 aromatic heterocycles. The molecule has 2 aromatic rings. The quantitative estimate of drug-likeness (QED) is 0.792. The number of H-pyrrole nitrogens is 1. The number of rotatable bonds is 3. The molecule has 102 valence electrons. The van der Waals surface area contributed by atoms with Crippen LogP contribution in [0.25, 0.3) is 11.0 Å². The molecule has 0 radical (unpaired) electrons. The molecule has 19 heavy (non-hydrogen) atoms. The van der Waals surface area contributed by atoms with Crippen LogP contribution in [0, 0.1) is 0 Å². The summed E-state index contributed by atoms with van der Waals surface area (Å²) in [6.07, 6.45) is 4.69. The Hall–Kier alpha value is -1.39. The zero-order chi connectivity index (χ0) is 13.2. The first-order valence-electron chi connectivity index (χ1n) is 7.18. The summed E-state index contributed by atoms with van der Waals surface area (Å²) in [5.41, 5.74) is 8.17. The van der Waals surface area contributed by atoms with Crippen LogP contribution in [0.15, 0.2) is 24.3 Å². The van der Waals surface area contributed by atoms with E-state index in [9.17, 15) is 0 Å². The summed E-state index contributed by atoms with van der Waals surface area (Å²) in [6.45, 7) is 2.16. The molecule has 0 aliphatic heterocycles. The zero-order valence-electron chi connectivity index (χ0n) is 11.4. The Kier molecular flexibility index (Phi) is 3.53. The van der Waals surface area contributed by atoms with Gasteiger partial charge in [0.25, 0.3) is 0 Å². The van der Waals surface area contributed by atoms with Crippen LogP contribution in [0.2, 0.25) is 0 Å². The van der Waals surface area contributed by atoms with E-state index < -0.39 is 0 Å². The van der Waals surface area contributed by atoms with Crippen LogP contribution >= 0.6 is 0 Å². The Labute approximate surface area is 113 Å². The maximum atomic E-state index is 6.04. The third-order valence-electron chi connectivity index (χ3n) is 4.02. The van der Waals surface area contributed by atoms with Gasteiger partial charge in [0, 0.05) is 12.1 Å². The lowest BCUT2D eigenvalue weighted by Gasteiger charge is -2.29. The molecule has 1 saturated carbocycles. The number of nitrogens with two attached hydrogens (primary N) is 1. The highest BCUT2D eigenvalue weighted by molar-refractivity contribution is 5.74. The minimum absolute atomic E-state index is 0.239. The van der Waals surface area contributed by atoms with Gasteiger partial charge in [-0.15, -0.1) is 0 Å². The van der Waals surface area contributed by atoms with E-state index in [1.807, 2.05) is 18.2 Å². The Morgan fingerprint density at radius 2 is 2.21 bits per heavy atom. The van der Waals surface area contributed by atoms with Gasteiger partial charge in [0.15, 0.2) is 0 Å². The smallest absolute Gasteiger partial charge is 0.124 e. The summed E-state index contributed by atoms with van der Waals surface area (Å²) in [5.74, 6) is 1.01. The standard InChI is InChI=1S/C15H22N4/c1-10(17-12-6-4-5-11(16)9-12)15-18-13-7-2-3-8-14(13)19-15/h2-3,7-8,10-12,17H,4-6,9,16H2,1H3,(H,18,19). The second-order valence-electron chi connectivity index (χ2n) is 5.65. The molecular weight excluding hydrogens is 236 g/mol. The average Bonchev–Trinajstić information content (AvgIpc) is 2.82. The number of para-hydroxylation sites is 2. The van der Waals surface area contributed by atoms with E-state index in [2.05, 4.69) is 28.3 Å². The molecule has 0 saturated heterocycles. The number of hydrogen-bond donors (Lipinski definition) is 3. The average molecular weight is 258 g/mol. The number of fused-ring (bicyclic) bond motifs is 1. The Balaban J connectivity index is 1.70. The molecule has 0 amide bonds. The van der Waals surface area contributed by atoms with E-state index in [0.717, 1.165) is 29.7 Å². The van der Waals surface area contributed by atoms with E-state index in [-0.39, 0.29) is 6.04 Å². The lowest BCUT2D eigenvalue weighted by atomic mass is 9.91. The van der Waals surface area contributed by atoms with Gasteiger partial charge in [-0.05, 0) is 38.3 Å². The number of aromatic amines is 1. The van der Waals surface area contributed by atoms with Crippen molar-refractivity contribution < 1.29 is 0 Å². The van der Waals surface area contributed by atoms with Crippen molar-refractivity contribution in [1.82, 2.24) is 15.3 Å². The maximum Gasteiger partial charge on any atom is 0.124 e. The summed E-state index contributed by atoms with van der Waals surface area (Å²) in [6, 6.07) is 9.27. The fraction of sp³-hybridized carbons (Fsp3) is 0.533. The molecule has 1 heterocycles. The highest BCUT2D eigenvalue weighted by atomic mass is 15.0. The van der Waals surface area contributed by atoms with Crippen LogP contribution in [-0.2, 0) is 0 Å². The van der Waals surface area contributed by atoms with Crippen molar-refractivity contribution in [3.8, 4) is 0 Å². The van der Waals surface area contributed by atoms with Gasteiger partial charge in [-0.1, -0.05) is 18.6 Å². The summed E-state index contributed by atoms with van der Waals surface area (Å²) < 4.78 is 0. The number of hydrogen-bond acceptors (Lipinski definition) is 3. The summed E-state index contributed by atoms with van der Waals surface area (Å²) in [7, 11) is 0. The number of nitrogens with one attached hydrogen (secondary N) is 2. The molecule has 3 atom stereocenters. The van der Waals surface area contributed by atoms with Crippen LogP contribution in [-0.4, -0.2) is 22.1 Å². The van der Waals surface area contributed by atoms with E-state index in [0.29, 0.717) is 12.1 Å². The SMILES string of the molecule is CC(NC1CCCC(N)C1)c1nc2ccccc2[nH]1. The van der Waals surface area contributed by atoms with Crippen LogP contribution < -0.4 is 11.1 Å². The number of imidazole rings is 1. The fourth-order valence-electron chi connectivity index (χ4n) is 2.99. The van der Waals surface area contributed by atoms with Crippen molar-refractivity contribution in [3.05, 3.63) is 30.1 Å². The highest BCUT2D eigenvalue weighted by Crippen LogP contribution is 2.21. The van der Waals surface area contributed by atoms with E-state index in [1.165, 1.54) is 12.8 Å². The van der Waals surface area contributed by atoms with Crippen molar-refractivity contribution >= 4 is 11.0 Å². The zero-order valence-corrected chi connectivity index (χ0v) is 11.4. The van der Waals surface area contributed by atoms with Gasteiger partial charge >= 0.3 is 0 Å². The molecule has 3 unspecified atom stereocenters. The van der Waals surface area contributed by atoms with Crippen molar-refractivity contribution in [2.75, 3.05) is 0 Å². The topological polar surface area (TPSA) is 66.7 Å². The first kappa shape index (κ1) is 12.6. The molecule has 4 heteroatoms. The molecule has 3 rings (SSSR count). The first-order valence-corrected chi connectivity index (χ1v) is 7.18. The maximum absolute atomic E-state index is 6.04. The van der Waals surface area contributed by atoms with Crippen LogP contribution in [0.3, 0.4) is 0 Å². The molecule has 0 spiro atoms. The number of aromatic nitrogens is 2. The molecule has 0 bridgehead atoms. The minimum atomic E-state index is 0.239. The second kappa shape index (κ2) is 5.31. The lowest BCUT2D eigenvalue weighted by molar-refractivity contribution is 0.315. The predicted molar refractivity (Wildman–Crippen MR) is 77.9 cm³/mol. The van der Waals surface area contributed by atoms with Crippen LogP contribution in [0.1, 0.15) is 44.5 Å². The Morgan fingerprint density at radius 1 is 1.37 bits per heavy atom. The molecule has 4 N–H and O–H groups in total. The Bertz CT molecular complexity index is 515. The van der Waals surface area contributed by atoms with Gasteiger partial charge in [-0.2, -0.15) is 0 Å². The van der Waals surface area contributed by atoms with E-state index in [4.69, 9.17) is 5.73 Å². The molecule has 1 aliphatic carbocycles. The van der Waals surface area contributed by atoms with Gasteiger partial charge in [-0.3, -0.25) is 0 Å². The van der Waals surface area contributed by atoms with Gasteiger partial charge in [0.2, 0.25) is 0 Å². The Morgan fingerprint density at radius 3 is 3.00 bits per heavy atom. The van der Waals surface area contributed by atoms with Gasteiger partial charge in [0.05, 0.1) is 17.1 Å². The molecule has 1 aliphatic rings. The van der Waals surface area contributed by atoms with Crippen molar-refractivity contribution in [2.45, 2.75) is 50.7 Å². The van der Waals surface area contributed by atoms with Crippen molar-refractivity contribution in [3.63, 3.8) is 0 Å². The first-order chi connectivity index (χ1) is 9.22. The van der Waals surface area contributed by atoms with Crippen LogP contribution in [0.5, 0.6) is 0 Å². The summed E-state index contributed by atoms with van der Waals surface area (Å²) in [4.78, 5) is 8.04. The van der Waals surface area contributed by atoms with Gasteiger partial charge < -0.3 is 16.0 Å². The van der Waals surface area contributed by atoms with Gasteiger partial charge in [-0.25, -0.2) is 4.98 Å². The summed E-state index contributed by atoms with van der Waals surface area (Å²) >= 11 is 0. The van der Waals surface area contributed by atoms with Gasteiger partial charge in [0.1, 0.15) is 5.82 Å². The number of nitrogens with zero attached hydrogens (tertiary/aromatic N) is 1. The van der Waals surface area contributed by atoms with Crippen LogP contribution in [0.4, 0.5) is 0 Å². The van der Waals surface area contributed by atoms with Crippen molar-refractivity contribution in [2.24, 2.45) is 5.73 Å². The molecule has 1 fully saturated rings. The number of benzene rings is 1. The summed E-state index contributed by atoms with van der Waals surface area (Å²) in [5, 5.41) is 3.65. The fourth-order valence-corrected chi connectivity index (χ4v) is 2.99. The molecular formula is C15H22N4. The van der Waals surface area contributed by atoms with E-state index in [1.54, 1.807) is 0 Å². The van der Waals surface area contributed by atoms with E-state index >= 15 is 0 Å². The van der Waals surface area contributed by atoms with Crippen molar-refractivity contribution in [1.29, 1.82) is 0 Å². The highest BCUT2D eigenvalue weighted by Gasteiger charge is 2.21. The second-order valence-corrected chi connectivity index (χ2v) is 5.65.